The van der Waals surface area contributed by atoms with Crippen LogP contribution in [-0.4, -0.2) is 73.1 Å². The van der Waals surface area contributed by atoms with Gasteiger partial charge in [0.1, 0.15) is 12.1 Å². The summed E-state index contributed by atoms with van der Waals surface area (Å²) in [7, 11) is 2.03. The smallest absolute Gasteiger partial charge is 0.245 e. The van der Waals surface area contributed by atoms with Crippen molar-refractivity contribution in [3.05, 3.63) is 0 Å². The number of nitrogens with one attached hydrogen (secondary N) is 1. The predicted octanol–water partition coefficient (Wildman–Crippen LogP) is -0.948. The lowest BCUT2D eigenvalue weighted by molar-refractivity contribution is -0.151. The van der Waals surface area contributed by atoms with E-state index >= 15 is 0 Å². The fraction of sp³-hybridized carbons (Fsp3) is 0.833. The normalized spacial score (nSPS) is 34.6. The molecule has 2 aliphatic heterocycles. The molecular weight excluding hydrogens is 234 g/mol. The van der Waals surface area contributed by atoms with Gasteiger partial charge in [0.05, 0.1) is 12.7 Å². The highest BCUT2D eigenvalue weighted by atomic mass is 16.5. The fourth-order valence-electron chi connectivity index (χ4n) is 2.42. The molecule has 6 heteroatoms. The third kappa shape index (κ3) is 2.64. The molecule has 3 unspecified atom stereocenters. The molecule has 2 amide bonds. The van der Waals surface area contributed by atoms with Crippen molar-refractivity contribution in [2.75, 3.05) is 33.3 Å². The van der Waals surface area contributed by atoms with Crippen molar-refractivity contribution in [2.45, 2.75) is 32.0 Å². The van der Waals surface area contributed by atoms with Crippen molar-refractivity contribution in [3.8, 4) is 0 Å². The molecule has 0 saturated carbocycles. The minimum Gasteiger partial charge on any atom is -0.374 e. The zero-order valence-electron chi connectivity index (χ0n) is 11.2. The van der Waals surface area contributed by atoms with E-state index in [4.69, 9.17) is 4.74 Å². The lowest BCUT2D eigenvalue weighted by Gasteiger charge is -2.40. The number of amides is 2. The van der Waals surface area contributed by atoms with Crippen LogP contribution < -0.4 is 5.32 Å². The summed E-state index contributed by atoms with van der Waals surface area (Å²) < 4.78 is 5.65. The molecule has 18 heavy (non-hydrogen) atoms. The van der Waals surface area contributed by atoms with Crippen LogP contribution in [0.3, 0.4) is 0 Å². The van der Waals surface area contributed by atoms with E-state index in [1.165, 1.54) is 0 Å². The molecule has 2 aliphatic rings. The van der Waals surface area contributed by atoms with Crippen LogP contribution >= 0.6 is 0 Å². The minimum absolute atomic E-state index is 0.00625. The van der Waals surface area contributed by atoms with Gasteiger partial charge in [0.15, 0.2) is 0 Å². The molecule has 3 atom stereocenters. The van der Waals surface area contributed by atoms with E-state index in [0.717, 1.165) is 13.1 Å². The van der Waals surface area contributed by atoms with Crippen molar-refractivity contribution in [1.82, 2.24) is 15.1 Å². The van der Waals surface area contributed by atoms with Gasteiger partial charge in [-0.25, -0.2) is 0 Å². The number of hydrogen-bond donors (Lipinski definition) is 1. The number of carbonyl (C=O) groups is 2. The maximum atomic E-state index is 12.1. The maximum absolute atomic E-state index is 12.1. The van der Waals surface area contributed by atoms with Gasteiger partial charge in [-0.05, 0) is 20.9 Å². The Morgan fingerprint density at radius 1 is 1.39 bits per heavy atom. The first-order chi connectivity index (χ1) is 8.49. The van der Waals surface area contributed by atoms with E-state index in [1.54, 1.807) is 18.7 Å². The zero-order valence-corrected chi connectivity index (χ0v) is 11.2. The Morgan fingerprint density at radius 3 is 2.78 bits per heavy atom. The van der Waals surface area contributed by atoms with Gasteiger partial charge in [-0.3, -0.25) is 9.59 Å². The first-order valence-electron chi connectivity index (χ1n) is 6.40. The van der Waals surface area contributed by atoms with Gasteiger partial charge >= 0.3 is 0 Å². The summed E-state index contributed by atoms with van der Waals surface area (Å²) in [4.78, 5) is 27.6. The third-order valence-corrected chi connectivity index (χ3v) is 3.60. The van der Waals surface area contributed by atoms with Crippen LogP contribution in [0, 0.1) is 0 Å². The molecule has 0 aromatic heterocycles. The number of carbonyl (C=O) groups excluding carboxylic acids is 2. The van der Waals surface area contributed by atoms with Crippen molar-refractivity contribution >= 4 is 11.8 Å². The van der Waals surface area contributed by atoms with Gasteiger partial charge in [0.2, 0.25) is 11.8 Å². The Kier molecular flexibility index (Phi) is 3.87. The second-order valence-corrected chi connectivity index (χ2v) is 5.15. The monoisotopic (exact) mass is 255 g/mol. The quantitative estimate of drug-likeness (QED) is 0.691. The number of morpholine rings is 1. The van der Waals surface area contributed by atoms with Gasteiger partial charge in [-0.1, -0.05) is 0 Å². The number of rotatable bonds is 2. The Hall–Kier alpha value is -1.14. The van der Waals surface area contributed by atoms with Crippen LogP contribution in [0.15, 0.2) is 0 Å². The van der Waals surface area contributed by atoms with Crippen LogP contribution in [0.4, 0.5) is 0 Å². The summed E-state index contributed by atoms with van der Waals surface area (Å²) in [5, 5.41) is 2.67. The second kappa shape index (κ2) is 5.24. The number of ether oxygens (including phenoxy) is 1. The Bertz CT molecular complexity index is 347. The highest BCUT2D eigenvalue weighted by Crippen LogP contribution is 2.13. The molecule has 0 aromatic carbocycles. The van der Waals surface area contributed by atoms with Crippen LogP contribution in [0.2, 0.25) is 0 Å². The number of nitrogens with zero attached hydrogens (tertiary/aromatic N) is 2. The van der Waals surface area contributed by atoms with E-state index < -0.39 is 12.1 Å². The summed E-state index contributed by atoms with van der Waals surface area (Å²) in [6.07, 6.45) is -0.00625. The van der Waals surface area contributed by atoms with Crippen LogP contribution in [0.25, 0.3) is 0 Å². The van der Waals surface area contributed by atoms with Crippen LogP contribution in [0.5, 0.6) is 0 Å². The van der Waals surface area contributed by atoms with Crippen molar-refractivity contribution in [2.24, 2.45) is 0 Å². The van der Waals surface area contributed by atoms with Crippen molar-refractivity contribution in [3.63, 3.8) is 0 Å². The van der Waals surface area contributed by atoms with Gasteiger partial charge in [-0.2, -0.15) is 0 Å². The highest BCUT2D eigenvalue weighted by Gasteiger charge is 2.37. The summed E-state index contributed by atoms with van der Waals surface area (Å²) in [6, 6.07) is -0.848. The molecule has 102 valence electrons. The average molecular weight is 255 g/mol. The van der Waals surface area contributed by atoms with Gasteiger partial charge in [0.25, 0.3) is 0 Å². The lowest BCUT2D eigenvalue weighted by atomic mass is 10.1. The topological polar surface area (TPSA) is 61.9 Å². The van der Waals surface area contributed by atoms with E-state index in [0.29, 0.717) is 13.2 Å². The van der Waals surface area contributed by atoms with Crippen molar-refractivity contribution < 1.29 is 14.3 Å². The largest absolute Gasteiger partial charge is 0.374 e. The summed E-state index contributed by atoms with van der Waals surface area (Å²) >= 11 is 0. The van der Waals surface area contributed by atoms with E-state index in [-0.39, 0.29) is 17.9 Å². The molecule has 2 heterocycles. The first kappa shape index (κ1) is 13.3. The SMILES string of the molecule is CC1NC(=O)C(C)N(CC2CN(C)CCO2)C1=O. The minimum atomic E-state index is -0.435. The fourth-order valence-corrected chi connectivity index (χ4v) is 2.42. The Labute approximate surface area is 107 Å². The number of piperazine rings is 1. The average Bonchev–Trinajstić information content (AvgIpc) is 2.32. The predicted molar refractivity (Wildman–Crippen MR) is 66.0 cm³/mol. The van der Waals surface area contributed by atoms with Gasteiger partial charge in [-0.15, -0.1) is 0 Å². The van der Waals surface area contributed by atoms with E-state index in [9.17, 15) is 9.59 Å². The van der Waals surface area contributed by atoms with E-state index in [2.05, 4.69) is 10.2 Å². The second-order valence-electron chi connectivity index (χ2n) is 5.15. The third-order valence-electron chi connectivity index (χ3n) is 3.60. The molecule has 0 bridgehead atoms. The molecule has 0 aromatic rings. The van der Waals surface area contributed by atoms with Crippen LogP contribution in [0.1, 0.15) is 13.8 Å². The molecule has 2 rings (SSSR count). The van der Waals surface area contributed by atoms with Crippen LogP contribution in [-0.2, 0) is 14.3 Å². The molecule has 2 saturated heterocycles. The molecule has 1 N–H and O–H groups in total. The van der Waals surface area contributed by atoms with E-state index in [1.807, 2.05) is 7.05 Å². The molecule has 0 spiro atoms. The first-order valence-corrected chi connectivity index (χ1v) is 6.40. The Balaban J connectivity index is 2.01. The lowest BCUT2D eigenvalue weighted by Crippen LogP contribution is -2.63. The van der Waals surface area contributed by atoms with Gasteiger partial charge < -0.3 is 19.9 Å². The molecular formula is C12H21N3O3. The summed E-state index contributed by atoms with van der Waals surface area (Å²) in [5.41, 5.74) is 0. The molecule has 2 fully saturated rings. The number of hydrogen-bond acceptors (Lipinski definition) is 4. The molecule has 6 nitrogen and oxygen atoms in total. The standard InChI is InChI=1S/C12H21N3O3/c1-8-12(17)15(9(2)11(16)13-8)7-10-6-14(3)4-5-18-10/h8-10H,4-7H2,1-3H3,(H,13,16). The molecule has 0 radical (unpaired) electrons. The molecule has 0 aliphatic carbocycles. The van der Waals surface area contributed by atoms with Gasteiger partial charge in [0, 0.05) is 19.6 Å². The summed E-state index contributed by atoms with van der Waals surface area (Å²) in [5.74, 6) is -0.120. The number of likely N-dealkylation sites (N-methyl/N-ethyl adjacent to an activating group) is 1. The summed E-state index contributed by atoms with van der Waals surface area (Å²) in [6.45, 7) is 6.35. The highest BCUT2D eigenvalue weighted by molar-refractivity contribution is 5.96. The zero-order chi connectivity index (χ0) is 13.3. The maximum Gasteiger partial charge on any atom is 0.245 e. The van der Waals surface area contributed by atoms with Crippen molar-refractivity contribution in [1.29, 1.82) is 0 Å². The Morgan fingerprint density at radius 2 is 2.11 bits per heavy atom.